The summed E-state index contributed by atoms with van der Waals surface area (Å²) in [5.41, 5.74) is 1.62. The van der Waals surface area contributed by atoms with Crippen LogP contribution in [0.5, 0.6) is 0 Å². The number of amides is 3. The number of nitrogens with one attached hydrogen (secondary N) is 1. The Morgan fingerprint density at radius 3 is 2.86 bits per heavy atom. The van der Waals surface area contributed by atoms with Crippen molar-refractivity contribution in [3.63, 3.8) is 0 Å². The Hall–Kier alpha value is -2.09. The molecule has 2 heterocycles. The Kier molecular flexibility index (Phi) is 4.79. The number of methoxy groups -OCH3 is 1. The number of carbonyl (C=O) groups excluding carboxylic acids is 2. The molecule has 1 fully saturated rings. The summed E-state index contributed by atoms with van der Waals surface area (Å²) in [5, 5.41) is 6.62. The molecule has 0 bridgehead atoms. The summed E-state index contributed by atoms with van der Waals surface area (Å²) in [4.78, 5) is 26.9. The van der Waals surface area contributed by atoms with E-state index in [1.54, 1.807) is 18.9 Å². The van der Waals surface area contributed by atoms with E-state index < -0.39 is 0 Å². The number of ether oxygens (including phenoxy) is 1. The second kappa shape index (κ2) is 6.57. The van der Waals surface area contributed by atoms with Gasteiger partial charge in [-0.1, -0.05) is 5.16 Å². The molecule has 0 radical (unpaired) electrons. The van der Waals surface area contributed by atoms with Crippen LogP contribution in [0.3, 0.4) is 0 Å². The summed E-state index contributed by atoms with van der Waals surface area (Å²) in [7, 11) is 1.58. The lowest BCUT2D eigenvalue weighted by Crippen LogP contribution is -2.39. The number of rotatable bonds is 5. The molecule has 1 aromatic rings. The van der Waals surface area contributed by atoms with Crippen molar-refractivity contribution < 1.29 is 18.8 Å². The van der Waals surface area contributed by atoms with E-state index in [0.717, 1.165) is 11.3 Å². The third-order valence-electron chi connectivity index (χ3n) is 3.47. The van der Waals surface area contributed by atoms with Gasteiger partial charge >= 0.3 is 6.03 Å². The van der Waals surface area contributed by atoms with Gasteiger partial charge in [0.25, 0.3) is 0 Å². The van der Waals surface area contributed by atoms with Crippen LogP contribution < -0.4 is 5.32 Å². The summed E-state index contributed by atoms with van der Waals surface area (Å²) in [6.07, 6.45) is 0. The lowest BCUT2D eigenvalue weighted by Gasteiger charge is -2.18. The van der Waals surface area contributed by atoms with Crippen LogP contribution in [-0.4, -0.2) is 60.4 Å². The zero-order chi connectivity index (χ0) is 15.4. The average Bonchev–Trinajstić information content (AvgIpc) is 2.98. The number of aryl methyl sites for hydroxylation is 2. The fraction of sp³-hybridized carbons (Fsp3) is 0.615. The maximum Gasteiger partial charge on any atom is 0.319 e. The van der Waals surface area contributed by atoms with Gasteiger partial charge in [0.2, 0.25) is 5.91 Å². The minimum Gasteiger partial charge on any atom is -0.383 e. The Morgan fingerprint density at radius 1 is 1.48 bits per heavy atom. The quantitative estimate of drug-likeness (QED) is 0.841. The van der Waals surface area contributed by atoms with Crippen LogP contribution in [-0.2, 0) is 16.1 Å². The normalized spacial score (nSPS) is 14.9. The lowest BCUT2D eigenvalue weighted by molar-refractivity contribution is -0.127. The molecule has 1 aliphatic heterocycles. The van der Waals surface area contributed by atoms with E-state index in [-0.39, 0.29) is 25.2 Å². The van der Waals surface area contributed by atoms with Crippen molar-refractivity contribution in [3.05, 3.63) is 17.0 Å². The van der Waals surface area contributed by atoms with Gasteiger partial charge in [-0.05, 0) is 13.8 Å². The molecule has 0 aromatic carbocycles. The van der Waals surface area contributed by atoms with Crippen LogP contribution in [0, 0.1) is 13.8 Å². The smallest absolute Gasteiger partial charge is 0.319 e. The molecule has 8 nitrogen and oxygen atoms in total. The second-order valence-electron chi connectivity index (χ2n) is 4.95. The van der Waals surface area contributed by atoms with Crippen LogP contribution in [0.4, 0.5) is 4.79 Å². The Bertz CT molecular complexity index is 509. The molecule has 0 aliphatic carbocycles. The molecule has 0 saturated carbocycles. The molecule has 1 saturated heterocycles. The van der Waals surface area contributed by atoms with E-state index in [9.17, 15) is 9.59 Å². The first kappa shape index (κ1) is 15.3. The zero-order valence-electron chi connectivity index (χ0n) is 12.5. The van der Waals surface area contributed by atoms with E-state index in [1.165, 1.54) is 4.90 Å². The van der Waals surface area contributed by atoms with Crippen LogP contribution in [0.25, 0.3) is 0 Å². The average molecular weight is 296 g/mol. The highest BCUT2D eigenvalue weighted by molar-refractivity contribution is 5.87. The van der Waals surface area contributed by atoms with Gasteiger partial charge in [0.05, 0.1) is 19.0 Å². The molecule has 0 unspecified atom stereocenters. The van der Waals surface area contributed by atoms with Crippen molar-refractivity contribution in [2.45, 2.75) is 20.4 Å². The van der Waals surface area contributed by atoms with Crippen LogP contribution in [0.2, 0.25) is 0 Å². The van der Waals surface area contributed by atoms with Crippen molar-refractivity contribution in [1.29, 1.82) is 0 Å². The largest absolute Gasteiger partial charge is 0.383 e. The maximum absolute atomic E-state index is 12.1. The molecule has 1 N–H and O–H groups in total. The first-order valence-electron chi connectivity index (χ1n) is 6.74. The van der Waals surface area contributed by atoms with Crippen molar-refractivity contribution in [3.8, 4) is 0 Å². The summed E-state index contributed by atoms with van der Waals surface area (Å²) in [5.74, 6) is 0.617. The monoisotopic (exact) mass is 296 g/mol. The zero-order valence-corrected chi connectivity index (χ0v) is 12.5. The molecule has 8 heteroatoms. The fourth-order valence-electron chi connectivity index (χ4n) is 2.16. The molecular formula is C13H20N4O4. The first-order chi connectivity index (χ1) is 10.0. The predicted molar refractivity (Wildman–Crippen MR) is 73.4 cm³/mol. The summed E-state index contributed by atoms with van der Waals surface area (Å²) in [6.45, 7) is 5.29. The third-order valence-corrected chi connectivity index (χ3v) is 3.47. The van der Waals surface area contributed by atoms with Crippen molar-refractivity contribution in [2.75, 3.05) is 33.5 Å². The van der Waals surface area contributed by atoms with Gasteiger partial charge in [-0.2, -0.15) is 0 Å². The van der Waals surface area contributed by atoms with E-state index in [1.807, 2.05) is 6.92 Å². The molecular weight excluding hydrogens is 276 g/mol. The molecule has 0 atom stereocenters. The standard InChI is InChI=1S/C13H20N4O4/c1-9-11(10(2)21-15-9)6-14-13(19)17-7-12(18)16(8-17)4-5-20-3/h4-8H2,1-3H3,(H,14,19). The Morgan fingerprint density at radius 2 is 2.24 bits per heavy atom. The molecule has 1 aliphatic rings. The van der Waals surface area contributed by atoms with Crippen LogP contribution in [0.15, 0.2) is 4.52 Å². The third kappa shape index (κ3) is 3.52. The minimum atomic E-state index is -0.275. The van der Waals surface area contributed by atoms with Gasteiger partial charge < -0.3 is 19.5 Å². The number of hydrogen-bond acceptors (Lipinski definition) is 5. The van der Waals surface area contributed by atoms with Crippen LogP contribution >= 0.6 is 0 Å². The van der Waals surface area contributed by atoms with Gasteiger partial charge in [0.15, 0.2) is 0 Å². The number of urea groups is 1. The van der Waals surface area contributed by atoms with Gasteiger partial charge in [0.1, 0.15) is 12.3 Å². The second-order valence-corrected chi connectivity index (χ2v) is 4.95. The molecule has 21 heavy (non-hydrogen) atoms. The van der Waals surface area contributed by atoms with E-state index in [4.69, 9.17) is 9.26 Å². The van der Waals surface area contributed by atoms with E-state index in [0.29, 0.717) is 25.5 Å². The molecule has 0 spiro atoms. The number of aromatic nitrogens is 1. The van der Waals surface area contributed by atoms with Gasteiger partial charge in [-0.3, -0.25) is 9.69 Å². The van der Waals surface area contributed by atoms with Crippen molar-refractivity contribution >= 4 is 11.9 Å². The summed E-state index contributed by atoms with van der Waals surface area (Å²) in [6, 6.07) is -0.275. The van der Waals surface area contributed by atoms with Gasteiger partial charge in [0, 0.05) is 25.8 Å². The fourth-order valence-corrected chi connectivity index (χ4v) is 2.16. The van der Waals surface area contributed by atoms with Crippen LogP contribution in [0.1, 0.15) is 17.0 Å². The number of hydrogen-bond donors (Lipinski definition) is 1. The first-order valence-corrected chi connectivity index (χ1v) is 6.74. The van der Waals surface area contributed by atoms with Crippen molar-refractivity contribution in [2.24, 2.45) is 0 Å². The summed E-state index contributed by atoms with van der Waals surface area (Å²) < 4.78 is 9.98. The number of nitrogens with zero attached hydrogens (tertiary/aromatic N) is 3. The van der Waals surface area contributed by atoms with E-state index >= 15 is 0 Å². The molecule has 3 amide bonds. The highest BCUT2D eigenvalue weighted by Gasteiger charge is 2.30. The van der Waals surface area contributed by atoms with Crippen molar-refractivity contribution in [1.82, 2.24) is 20.3 Å². The van der Waals surface area contributed by atoms with Gasteiger partial charge in [-0.25, -0.2) is 4.79 Å². The lowest BCUT2D eigenvalue weighted by atomic mass is 10.2. The highest BCUT2D eigenvalue weighted by atomic mass is 16.5. The summed E-state index contributed by atoms with van der Waals surface area (Å²) >= 11 is 0. The molecule has 116 valence electrons. The SMILES string of the molecule is COCCN1CN(C(=O)NCc2c(C)noc2C)CC1=O. The maximum atomic E-state index is 12.1. The molecule has 1 aromatic heterocycles. The number of carbonyl (C=O) groups is 2. The Balaban J connectivity index is 1.86. The Labute approximate surface area is 123 Å². The molecule has 2 rings (SSSR count). The van der Waals surface area contributed by atoms with Gasteiger partial charge in [-0.15, -0.1) is 0 Å². The minimum absolute atomic E-state index is 0.0699. The topological polar surface area (TPSA) is 87.9 Å². The van der Waals surface area contributed by atoms with E-state index in [2.05, 4.69) is 10.5 Å². The predicted octanol–water partition coefficient (Wildman–Crippen LogP) is 0.249. The highest BCUT2D eigenvalue weighted by Crippen LogP contribution is 2.12.